The third-order valence-corrected chi connectivity index (χ3v) is 4.20. The third-order valence-electron chi connectivity index (χ3n) is 3.61. The molecule has 2 heterocycles. The maximum atomic E-state index is 12.0. The Balaban J connectivity index is 1.72. The van der Waals surface area contributed by atoms with Crippen molar-refractivity contribution in [3.63, 3.8) is 0 Å². The Bertz CT molecular complexity index is 957. The minimum Gasteiger partial charge on any atom is -0.460 e. The second-order valence-corrected chi connectivity index (χ2v) is 6.05. The molecule has 1 aromatic carbocycles. The van der Waals surface area contributed by atoms with Gasteiger partial charge in [0.1, 0.15) is 12.7 Å². The molecule has 0 amide bonds. The zero-order valence-corrected chi connectivity index (χ0v) is 14.0. The van der Waals surface area contributed by atoms with E-state index in [4.69, 9.17) is 27.9 Å². The molecule has 24 heavy (non-hydrogen) atoms. The fraction of sp³-hybridized carbons (Fsp3) is 0.111. The summed E-state index contributed by atoms with van der Waals surface area (Å²) in [4.78, 5) is 12.0. The van der Waals surface area contributed by atoms with Gasteiger partial charge in [0, 0.05) is 28.0 Å². The number of aromatic nitrogens is 1. The second kappa shape index (κ2) is 6.96. The molecule has 0 fully saturated rings. The molecule has 0 saturated heterocycles. The summed E-state index contributed by atoms with van der Waals surface area (Å²) in [5.74, 6) is -0.418. The Morgan fingerprint density at radius 2 is 2.04 bits per heavy atom. The van der Waals surface area contributed by atoms with E-state index in [2.05, 4.69) is 6.07 Å². The van der Waals surface area contributed by atoms with Crippen LogP contribution in [0.1, 0.15) is 16.7 Å². The van der Waals surface area contributed by atoms with Crippen LogP contribution in [0.4, 0.5) is 0 Å². The van der Waals surface area contributed by atoms with E-state index in [1.165, 1.54) is 0 Å². The lowest BCUT2D eigenvalue weighted by Gasteiger charge is -2.06. The Hall–Kier alpha value is -2.48. The van der Waals surface area contributed by atoms with E-state index in [-0.39, 0.29) is 13.0 Å². The summed E-state index contributed by atoms with van der Waals surface area (Å²) in [5, 5.41) is 10.3. The zero-order chi connectivity index (χ0) is 17.1. The van der Waals surface area contributed by atoms with Crippen molar-refractivity contribution >= 4 is 34.7 Å². The van der Waals surface area contributed by atoms with Crippen LogP contribution in [0.5, 0.6) is 0 Å². The van der Waals surface area contributed by atoms with E-state index in [0.29, 0.717) is 26.7 Å². The molecule has 6 heteroatoms. The monoisotopic (exact) mass is 358 g/mol. The van der Waals surface area contributed by atoms with E-state index >= 15 is 0 Å². The van der Waals surface area contributed by atoms with Gasteiger partial charge >= 0.3 is 5.97 Å². The minimum atomic E-state index is -0.418. The second-order valence-electron chi connectivity index (χ2n) is 5.21. The van der Waals surface area contributed by atoms with Gasteiger partial charge in [-0.05, 0) is 29.8 Å². The van der Waals surface area contributed by atoms with E-state index in [1.807, 2.05) is 28.8 Å². The van der Waals surface area contributed by atoms with Gasteiger partial charge in [-0.3, -0.25) is 4.79 Å². The summed E-state index contributed by atoms with van der Waals surface area (Å²) in [7, 11) is 0. The highest BCUT2D eigenvalue weighted by atomic mass is 35.5. The summed E-state index contributed by atoms with van der Waals surface area (Å²) in [6.07, 6.45) is 3.68. The van der Waals surface area contributed by atoms with Crippen LogP contribution >= 0.6 is 23.2 Å². The van der Waals surface area contributed by atoms with Crippen LogP contribution < -0.4 is 0 Å². The maximum Gasteiger partial charge on any atom is 0.310 e. The number of pyridine rings is 1. The maximum absolute atomic E-state index is 12.0. The predicted molar refractivity (Wildman–Crippen MR) is 92.1 cm³/mol. The largest absolute Gasteiger partial charge is 0.460 e. The van der Waals surface area contributed by atoms with Crippen LogP contribution in [0.3, 0.4) is 0 Å². The van der Waals surface area contributed by atoms with Gasteiger partial charge < -0.3 is 9.14 Å². The standard InChI is InChI=1S/C18H12Cl2N2O2/c19-14-5-4-12(16(20)8-14)7-18(23)24-11-13-10-22-6-2-1-3-17(22)15(13)9-21/h1-6,8,10H,7,11H2. The number of nitriles is 1. The molecule has 0 N–H and O–H groups in total. The fourth-order valence-corrected chi connectivity index (χ4v) is 2.92. The van der Waals surface area contributed by atoms with Crippen molar-refractivity contribution in [3.8, 4) is 6.07 Å². The number of hydrogen-bond acceptors (Lipinski definition) is 3. The zero-order valence-electron chi connectivity index (χ0n) is 12.5. The molecule has 4 nitrogen and oxygen atoms in total. The number of rotatable bonds is 4. The van der Waals surface area contributed by atoms with Crippen molar-refractivity contribution in [2.75, 3.05) is 0 Å². The van der Waals surface area contributed by atoms with Crippen molar-refractivity contribution in [3.05, 3.63) is 75.5 Å². The van der Waals surface area contributed by atoms with Crippen molar-refractivity contribution in [2.45, 2.75) is 13.0 Å². The summed E-state index contributed by atoms with van der Waals surface area (Å²) in [5.41, 5.74) is 2.60. The van der Waals surface area contributed by atoms with Gasteiger partial charge in [0.2, 0.25) is 0 Å². The molecule has 0 aliphatic carbocycles. The smallest absolute Gasteiger partial charge is 0.310 e. The van der Waals surface area contributed by atoms with Gasteiger partial charge in [-0.15, -0.1) is 0 Å². The van der Waals surface area contributed by atoms with E-state index in [1.54, 1.807) is 24.4 Å². The summed E-state index contributed by atoms with van der Waals surface area (Å²) in [6.45, 7) is 0.0363. The summed E-state index contributed by atoms with van der Waals surface area (Å²) >= 11 is 11.9. The molecule has 0 atom stereocenters. The van der Waals surface area contributed by atoms with Crippen LogP contribution in [0.2, 0.25) is 10.0 Å². The molecule has 0 spiro atoms. The minimum absolute atomic E-state index is 0.0363. The number of carbonyl (C=O) groups excluding carboxylic acids is 1. The van der Waals surface area contributed by atoms with E-state index in [9.17, 15) is 10.1 Å². The summed E-state index contributed by atoms with van der Waals surface area (Å²) in [6, 6.07) is 12.7. The van der Waals surface area contributed by atoms with Crippen LogP contribution in [0.15, 0.2) is 48.8 Å². The lowest BCUT2D eigenvalue weighted by molar-refractivity contribution is -0.144. The molecule has 0 unspecified atom stereocenters. The molecule has 0 aliphatic heterocycles. The summed E-state index contributed by atoms with van der Waals surface area (Å²) < 4.78 is 7.13. The van der Waals surface area contributed by atoms with Gasteiger partial charge in [-0.25, -0.2) is 0 Å². The number of halogens is 2. The molecule has 3 rings (SSSR count). The molecule has 0 aliphatic rings. The fourth-order valence-electron chi connectivity index (χ4n) is 2.45. The molecule has 0 bridgehead atoms. The van der Waals surface area contributed by atoms with Crippen LogP contribution in [-0.2, 0) is 22.6 Å². The molecular formula is C18H12Cl2N2O2. The van der Waals surface area contributed by atoms with Crippen molar-refractivity contribution in [2.24, 2.45) is 0 Å². The number of carbonyl (C=O) groups is 1. The number of benzene rings is 1. The van der Waals surface area contributed by atoms with Crippen LogP contribution in [0, 0.1) is 11.3 Å². The van der Waals surface area contributed by atoms with Crippen molar-refractivity contribution in [1.29, 1.82) is 5.26 Å². The van der Waals surface area contributed by atoms with Crippen LogP contribution in [-0.4, -0.2) is 10.4 Å². The Kier molecular flexibility index (Phi) is 4.75. The topological polar surface area (TPSA) is 54.5 Å². The Labute approximate surface area is 148 Å². The number of ether oxygens (including phenoxy) is 1. The SMILES string of the molecule is N#Cc1c(COC(=O)Cc2ccc(Cl)cc2Cl)cn2ccccc12. The average molecular weight is 359 g/mol. The highest BCUT2D eigenvalue weighted by molar-refractivity contribution is 6.35. The molecule has 3 aromatic rings. The number of hydrogen-bond donors (Lipinski definition) is 0. The first-order valence-electron chi connectivity index (χ1n) is 7.16. The molecule has 0 radical (unpaired) electrons. The van der Waals surface area contributed by atoms with E-state index in [0.717, 1.165) is 5.52 Å². The lowest BCUT2D eigenvalue weighted by Crippen LogP contribution is -2.08. The van der Waals surface area contributed by atoms with Gasteiger partial charge in [-0.2, -0.15) is 5.26 Å². The van der Waals surface area contributed by atoms with E-state index < -0.39 is 5.97 Å². The third kappa shape index (κ3) is 3.38. The first-order chi connectivity index (χ1) is 11.6. The van der Waals surface area contributed by atoms with Crippen LogP contribution in [0.25, 0.3) is 5.52 Å². The average Bonchev–Trinajstić information content (AvgIpc) is 2.93. The van der Waals surface area contributed by atoms with Crippen molar-refractivity contribution in [1.82, 2.24) is 4.40 Å². The highest BCUT2D eigenvalue weighted by Crippen LogP contribution is 2.22. The molecule has 2 aromatic heterocycles. The molecular weight excluding hydrogens is 347 g/mol. The quantitative estimate of drug-likeness (QED) is 0.649. The van der Waals surface area contributed by atoms with Gasteiger partial charge in [0.05, 0.1) is 17.5 Å². The molecule has 0 saturated carbocycles. The lowest BCUT2D eigenvalue weighted by atomic mass is 10.1. The number of fused-ring (bicyclic) bond motifs is 1. The number of nitrogens with zero attached hydrogens (tertiary/aromatic N) is 2. The Morgan fingerprint density at radius 3 is 2.79 bits per heavy atom. The molecule has 120 valence electrons. The van der Waals surface area contributed by atoms with Gasteiger partial charge in [0.15, 0.2) is 0 Å². The first-order valence-corrected chi connectivity index (χ1v) is 7.92. The number of esters is 1. The predicted octanol–water partition coefficient (Wildman–Crippen LogP) is 4.40. The van der Waals surface area contributed by atoms with Gasteiger partial charge in [-0.1, -0.05) is 35.3 Å². The van der Waals surface area contributed by atoms with Gasteiger partial charge in [0.25, 0.3) is 0 Å². The normalized spacial score (nSPS) is 10.5. The first kappa shape index (κ1) is 16.4. The Morgan fingerprint density at radius 1 is 1.21 bits per heavy atom. The highest BCUT2D eigenvalue weighted by Gasteiger charge is 2.13. The van der Waals surface area contributed by atoms with Crippen molar-refractivity contribution < 1.29 is 9.53 Å².